The molecule has 0 rings (SSSR count). The highest BCUT2D eigenvalue weighted by Gasteiger charge is 1.84. The zero-order chi connectivity index (χ0) is 6.57. The van der Waals surface area contributed by atoms with Crippen molar-refractivity contribution < 1.29 is 0 Å². The molecule has 46 valence electrons. The van der Waals surface area contributed by atoms with Crippen LogP contribution < -0.4 is 5.32 Å². The van der Waals surface area contributed by atoms with Crippen LogP contribution in [0.25, 0.3) is 0 Å². The lowest BCUT2D eigenvalue weighted by atomic mass is 10.2. The van der Waals surface area contributed by atoms with Crippen molar-refractivity contribution in [3.63, 3.8) is 0 Å². The van der Waals surface area contributed by atoms with Gasteiger partial charge in [-0.05, 0) is 19.9 Å². The number of nitrogens with one attached hydrogen (secondary N) is 1. The number of likely N-dealkylation sites (N-methyl/N-ethyl adjacent to an activating group) is 1. The lowest BCUT2D eigenvalue weighted by Crippen LogP contribution is -2.03. The molecule has 0 aliphatic rings. The van der Waals surface area contributed by atoms with Crippen LogP contribution in [0.3, 0.4) is 0 Å². The highest BCUT2D eigenvalue weighted by atomic mass is 14.8. The molecule has 0 aliphatic carbocycles. The van der Waals surface area contributed by atoms with Gasteiger partial charge in [-0.2, -0.15) is 0 Å². The van der Waals surface area contributed by atoms with Crippen molar-refractivity contribution in [2.45, 2.75) is 13.8 Å². The lowest BCUT2D eigenvalue weighted by molar-refractivity contribution is 1.00. The third kappa shape index (κ3) is 1.82. The van der Waals surface area contributed by atoms with Crippen molar-refractivity contribution >= 4 is 0 Å². The molecule has 0 aromatic heterocycles. The van der Waals surface area contributed by atoms with E-state index in [4.69, 9.17) is 0 Å². The molecular formula is C7H13N. The molecule has 0 aromatic carbocycles. The first-order valence-electron chi connectivity index (χ1n) is 2.70. The van der Waals surface area contributed by atoms with E-state index >= 15 is 0 Å². The number of rotatable bonds is 2. The Morgan fingerprint density at radius 2 is 2.00 bits per heavy atom. The molecule has 0 bridgehead atoms. The van der Waals surface area contributed by atoms with E-state index in [-0.39, 0.29) is 0 Å². The molecule has 0 aliphatic heterocycles. The van der Waals surface area contributed by atoms with Crippen LogP contribution in [0.2, 0.25) is 0 Å². The minimum Gasteiger partial charge on any atom is -0.388 e. The monoisotopic (exact) mass is 111 g/mol. The molecule has 1 nitrogen and oxygen atoms in total. The zero-order valence-corrected chi connectivity index (χ0v) is 5.78. The van der Waals surface area contributed by atoms with Crippen LogP contribution in [0.5, 0.6) is 0 Å². The third-order valence-corrected chi connectivity index (χ3v) is 1.01. The number of hydrogen-bond donors (Lipinski definition) is 1. The maximum atomic E-state index is 3.63. The van der Waals surface area contributed by atoms with Gasteiger partial charge < -0.3 is 5.32 Å². The van der Waals surface area contributed by atoms with E-state index in [0.717, 1.165) is 5.70 Å². The lowest BCUT2D eigenvalue weighted by Gasteiger charge is -2.00. The summed E-state index contributed by atoms with van der Waals surface area (Å²) in [6, 6.07) is 0. The largest absolute Gasteiger partial charge is 0.388 e. The van der Waals surface area contributed by atoms with Gasteiger partial charge >= 0.3 is 0 Å². The minimum absolute atomic E-state index is 1.12. The maximum absolute atomic E-state index is 3.63. The summed E-state index contributed by atoms with van der Waals surface area (Å²) in [6.07, 6.45) is 1.81. The normalized spacial score (nSPS) is 7.88. The van der Waals surface area contributed by atoms with Crippen molar-refractivity contribution in [1.82, 2.24) is 5.32 Å². The second-order valence-electron chi connectivity index (χ2n) is 1.87. The summed E-state index contributed by atoms with van der Waals surface area (Å²) in [7, 11) is 1.89. The predicted molar refractivity (Wildman–Crippen MR) is 37.6 cm³/mol. The SMILES string of the molecule is C=CC(NC)=C(C)C. The quantitative estimate of drug-likeness (QED) is 0.535. The van der Waals surface area contributed by atoms with Crippen LogP contribution in [-0.4, -0.2) is 7.05 Å². The Morgan fingerprint density at radius 3 is 2.00 bits per heavy atom. The first-order chi connectivity index (χ1) is 3.72. The second-order valence-corrected chi connectivity index (χ2v) is 1.87. The maximum Gasteiger partial charge on any atom is 0.0317 e. The standard InChI is InChI=1S/C7H13N/c1-5-7(8-4)6(2)3/h5,8H,1H2,2-4H3. The molecule has 0 saturated heterocycles. The van der Waals surface area contributed by atoms with Gasteiger partial charge in [0, 0.05) is 12.7 Å². The zero-order valence-electron chi connectivity index (χ0n) is 5.78. The average molecular weight is 111 g/mol. The van der Waals surface area contributed by atoms with E-state index in [2.05, 4.69) is 11.9 Å². The fraction of sp³-hybridized carbons (Fsp3) is 0.429. The molecular weight excluding hydrogens is 98.1 g/mol. The fourth-order valence-electron chi connectivity index (χ4n) is 0.556. The van der Waals surface area contributed by atoms with Crippen LogP contribution in [0.4, 0.5) is 0 Å². The van der Waals surface area contributed by atoms with Crippen LogP contribution in [-0.2, 0) is 0 Å². The molecule has 0 amide bonds. The summed E-state index contributed by atoms with van der Waals surface area (Å²) in [5, 5.41) is 3.01. The predicted octanol–water partition coefficient (Wildman–Crippen LogP) is 1.69. The molecule has 1 heteroatoms. The minimum atomic E-state index is 1.12. The molecule has 0 spiro atoms. The Balaban J connectivity index is 4.07. The van der Waals surface area contributed by atoms with Crippen molar-refractivity contribution in [3.8, 4) is 0 Å². The van der Waals surface area contributed by atoms with Crippen LogP contribution in [0.15, 0.2) is 23.9 Å². The van der Waals surface area contributed by atoms with Gasteiger partial charge in [-0.25, -0.2) is 0 Å². The summed E-state index contributed by atoms with van der Waals surface area (Å²) in [5.41, 5.74) is 2.38. The van der Waals surface area contributed by atoms with Gasteiger partial charge in [-0.1, -0.05) is 12.2 Å². The van der Waals surface area contributed by atoms with Crippen molar-refractivity contribution in [2.24, 2.45) is 0 Å². The highest BCUT2D eigenvalue weighted by Crippen LogP contribution is 1.97. The molecule has 0 aromatic rings. The topological polar surface area (TPSA) is 12.0 Å². The molecule has 0 heterocycles. The first-order valence-corrected chi connectivity index (χ1v) is 2.70. The number of allylic oxidation sites excluding steroid dienone is 2. The molecule has 0 saturated carbocycles. The first kappa shape index (κ1) is 7.28. The van der Waals surface area contributed by atoms with E-state index in [0.29, 0.717) is 0 Å². The molecule has 0 fully saturated rings. The van der Waals surface area contributed by atoms with E-state index in [1.807, 2.05) is 27.0 Å². The van der Waals surface area contributed by atoms with Gasteiger partial charge in [0.15, 0.2) is 0 Å². The van der Waals surface area contributed by atoms with Crippen molar-refractivity contribution in [2.75, 3.05) is 7.05 Å². The van der Waals surface area contributed by atoms with Crippen molar-refractivity contribution in [3.05, 3.63) is 23.9 Å². The van der Waals surface area contributed by atoms with Crippen molar-refractivity contribution in [1.29, 1.82) is 0 Å². The fourth-order valence-corrected chi connectivity index (χ4v) is 0.556. The Kier molecular flexibility index (Phi) is 3.01. The Morgan fingerprint density at radius 1 is 1.50 bits per heavy atom. The van der Waals surface area contributed by atoms with Gasteiger partial charge in [0.25, 0.3) is 0 Å². The third-order valence-electron chi connectivity index (χ3n) is 1.01. The van der Waals surface area contributed by atoms with Gasteiger partial charge in [0.05, 0.1) is 0 Å². The second kappa shape index (κ2) is 3.30. The summed E-state index contributed by atoms with van der Waals surface area (Å²) in [4.78, 5) is 0. The smallest absolute Gasteiger partial charge is 0.0317 e. The van der Waals surface area contributed by atoms with Gasteiger partial charge in [-0.15, -0.1) is 0 Å². The molecule has 0 unspecified atom stereocenters. The molecule has 8 heavy (non-hydrogen) atoms. The summed E-state index contributed by atoms with van der Waals surface area (Å²) in [6.45, 7) is 7.73. The summed E-state index contributed by atoms with van der Waals surface area (Å²) >= 11 is 0. The average Bonchev–Trinajstić information content (AvgIpc) is 1.69. The molecule has 1 N–H and O–H groups in total. The Bertz CT molecular complexity index is 108. The van der Waals surface area contributed by atoms with Gasteiger partial charge in [-0.3, -0.25) is 0 Å². The van der Waals surface area contributed by atoms with Crippen LogP contribution in [0, 0.1) is 0 Å². The van der Waals surface area contributed by atoms with E-state index in [1.165, 1.54) is 5.57 Å². The highest BCUT2D eigenvalue weighted by molar-refractivity contribution is 5.18. The molecule has 0 atom stereocenters. The Labute approximate surface area is 51.1 Å². The van der Waals surface area contributed by atoms with Crippen LogP contribution in [0.1, 0.15) is 13.8 Å². The summed E-state index contributed by atoms with van der Waals surface area (Å²) in [5.74, 6) is 0. The van der Waals surface area contributed by atoms with E-state index in [1.54, 1.807) is 0 Å². The number of hydrogen-bond acceptors (Lipinski definition) is 1. The van der Waals surface area contributed by atoms with Gasteiger partial charge in [0.2, 0.25) is 0 Å². The summed E-state index contributed by atoms with van der Waals surface area (Å²) < 4.78 is 0. The van der Waals surface area contributed by atoms with Crippen LogP contribution >= 0.6 is 0 Å². The van der Waals surface area contributed by atoms with E-state index < -0.39 is 0 Å². The molecule has 0 radical (unpaired) electrons. The Hall–Kier alpha value is -0.720. The van der Waals surface area contributed by atoms with E-state index in [9.17, 15) is 0 Å². The van der Waals surface area contributed by atoms with Gasteiger partial charge in [0.1, 0.15) is 0 Å².